The third-order valence-corrected chi connectivity index (χ3v) is 12.0. The maximum Gasteiger partial charge on any atom is 0.263 e. The molecule has 1 aromatic heterocycles. The van der Waals surface area contributed by atoms with E-state index >= 15 is 4.39 Å². The molecule has 0 bridgehead atoms. The molecule has 3 aromatic rings. The van der Waals surface area contributed by atoms with Crippen molar-refractivity contribution >= 4 is 58.5 Å². The van der Waals surface area contributed by atoms with Crippen LogP contribution in [0.5, 0.6) is 5.75 Å². The summed E-state index contributed by atoms with van der Waals surface area (Å²) in [4.78, 5) is 71.2. The number of piperazine rings is 1. The van der Waals surface area contributed by atoms with E-state index in [4.69, 9.17) is 21.6 Å². The minimum atomic E-state index is -2.12. The average Bonchev–Trinajstić information content (AvgIpc) is 3.71. The second-order valence-electron chi connectivity index (χ2n) is 15.3. The molecule has 2 N–H and O–H groups in total. The van der Waals surface area contributed by atoms with Crippen LogP contribution in [0.1, 0.15) is 71.2 Å². The van der Waals surface area contributed by atoms with Gasteiger partial charge in [-0.15, -0.1) is 10.2 Å². The van der Waals surface area contributed by atoms with Crippen LogP contribution in [0.2, 0.25) is 5.02 Å². The molecule has 5 aliphatic rings. The number of carbonyl (C=O) groups excluding carboxylic acids is 5. The van der Waals surface area contributed by atoms with Crippen LogP contribution < -0.4 is 25.2 Å². The Morgan fingerprint density at radius 2 is 1.70 bits per heavy atom. The Hall–Kier alpha value is -5.66. The first-order valence-corrected chi connectivity index (χ1v) is 19.6. The van der Waals surface area contributed by atoms with Crippen molar-refractivity contribution < 1.29 is 33.1 Å². The molecule has 1 saturated carbocycles. The van der Waals surface area contributed by atoms with Crippen LogP contribution in [0.25, 0.3) is 0 Å². The largest absolute Gasteiger partial charge is 0.490 e. The SMILES string of the molecule is N#Cc1ccc(O[C@@H]2CC[C@@](F)(C(=O)Nc3ccc(N4CCC(CN5CCN(c6ccc7c(c6)C(=O)N(C6CCC(=O)NC6=O)C7=O)CC5)CC4)nn3)C2)cc1Cl. The molecule has 0 radical (unpaired) electrons. The van der Waals surface area contributed by atoms with Crippen molar-refractivity contribution in [1.29, 1.82) is 5.26 Å². The van der Waals surface area contributed by atoms with Crippen LogP contribution in [0, 0.1) is 17.2 Å². The Labute approximate surface area is 333 Å². The highest BCUT2D eigenvalue weighted by Gasteiger charge is 2.47. The fourth-order valence-electron chi connectivity index (χ4n) is 8.46. The summed E-state index contributed by atoms with van der Waals surface area (Å²) in [6, 6.07) is 14.3. The predicted octanol–water partition coefficient (Wildman–Crippen LogP) is 3.72. The first-order chi connectivity index (χ1) is 27.5. The molecule has 5 amide bonds. The lowest BCUT2D eigenvalue weighted by atomic mass is 9.96. The Morgan fingerprint density at radius 1 is 0.930 bits per heavy atom. The van der Waals surface area contributed by atoms with E-state index in [1.165, 1.54) is 12.1 Å². The topological polar surface area (TPSA) is 181 Å². The fraction of sp³-hybridized carbons (Fsp3) is 0.450. The number of anilines is 3. The number of hydrogen-bond acceptors (Lipinski definition) is 12. The van der Waals surface area contributed by atoms with E-state index in [0.29, 0.717) is 29.5 Å². The molecular weight excluding hydrogens is 757 g/mol. The van der Waals surface area contributed by atoms with Gasteiger partial charge in [-0.1, -0.05) is 11.6 Å². The van der Waals surface area contributed by atoms with Crippen LogP contribution in [-0.2, 0) is 14.4 Å². The summed E-state index contributed by atoms with van der Waals surface area (Å²) in [6.07, 6.45) is 1.85. The molecule has 4 aliphatic heterocycles. The number of fused-ring (bicyclic) bond motifs is 1. The van der Waals surface area contributed by atoms with Gasteiger partial charge in [-0.05, 0) is 80.5 Å². The number of nitrogens with zero attached hydrogens (tertiary/aromatic N) is 7. The van der Waals surface area contributed by atoms with Gasteiger partial charge in [-0.2, -0.15) is 5.26 Å². The Kier molecular flexibility index (Phi) is 10.5. The van der Waals surface area contributed by atoms with Crippen molar-refractivity contribution in [3.63, 3.8) is 0 Å². The summed E-state index contributed by atoms with van der Waals surface area (Å²) in [6.45, 7) is 5.82. The number of hydrogen-bond donors (Lipinski definition) is 2. The highest BCUT2D eigenvalue weighted by molar-refractivity contribution is 6.31. The first-order valence-electron chi connectivity index (χ1n) is 19.3. The summed E-state index contributed by atoms with van der Waals surface area (Å²) in [7, 11) is 0. The molecule has 4 fully saturated rings. The van der Waals surface area contributed by atoms with Gasteiger partial charge in [0.1, 0.15) is 24.0 Å². The second-order valence-corrected chi connectivity index (χ2v) is 15.7. The summed E-state index contributed by atoms with van der Waals surface area (Å²) < 4.78 is 21.6. The molecule has 3 atom stereocenters. The monoisotopic (exact) mass is 797 g/mol. The van der Waals surface area contributed by atoms with Crippen molar-refractivity contribution in [2.24, 2.45) is 5.92 Å². The highest BCUT2D eigenvalue weighted by atomic mass is 35.5. The van der Waals surface area contributed by atoms with E-state index < -0.39 is 47.4 Å². The van der Waals surface area contributed by atoms with Crippen LogP contribution in [-0.4, -0.2) is 113 Å². The molecular formula is C40H41ClFN9O6. The third kappa shape index (κ3) is 7.86. The van der Waals surface area contributed by atoms with Crippen molar-refractivity contribution in [3.8, 4) is 11.8 Å². The van der Waals surface area contributed by atoms with Gasteiger partial charge in [-0.3, -0.25) is 39.1 Å². The Bertz CT molecular complexity index is 2150. The predicted molar refractivity (Wildman–Crippen MR) is 206 cm³/mol. The lowest BCUT2D eigenvalue weighted by Crippen LogP contribution is -2.54. The van der Waals surface area contributed by atoms with Crippen LogP contribution in [0.4, 0.5) is 21.7 Å². The van der Waals surface area contributed by atoms with Gasteiger partial charge in [-0.25, -0.2) is 4.39 Å². The number of ether oxygens (including phenoxy) is 1. The molecule has 2 aromatic carbocycles. The van der Waals surface area contributed by atoms with Gasteiger partial charge in [0.25, 0.3) is 17.7 Å². The van der Waals surface area contributed by atoms with Crippen LogP contribution in [0.15, 0.2) is 48.5 Å². The maximum atomic E-state index is 15.7. The van der Waals surface area contributed by atoms with Gasteiger partial charge in [0.2, 0.25) is 11.8 Å². The molecule has 1 aliphatic carbocycles. The van der Waals surface area contributed by atoms with Gasteiger partial charge in [0.15, 0.2) is 17.3 Å². The number of rotatable bonds is 9. The smallest absolute Gasteiger partial charge is 0.263 e. The number of aromatic nitrogens is 2. The average molecular weight is 798 g/mol. The highest BCUT2D eigenvalue weighted by Crippen LogP contribution is 2.38. The number of nitrogens with one attached hydrogen (secondary N) is 2. The number of nitriles is 1. The summed E-state index contributed by atoms with van der Waals surface area (Å²) >= 11 is 6.09. The van der Waals surface area contributed by atoms with Crippen molar-refractivity contribution in [1.82, 2.24) is 25.3 Å². The van der Waals surface area contributed by atoms with Gasteiger partial charge in [0.05, 0.1) is 21.7 Å². The number of piperidine rings is 2. The number of benzene rings is 2. The normalized spacial score (nSPS) is 24.3. The number of carbonyl (C=O) groups is 5. The molecule has 0 spiro atoms. The molecule has 8 rings (SSSR count). The Balaban J connectivity index is 0.772. The van der Waals surface area contributed by atoms with E-state index in [1.807, 2.05) is 12.1 Å². The summed E-state index contributed by atoms with van der Waals surface area (Å²) in [5, 5.41) is 22.6. The molecule has 3 saturated heterocycles. The van der Waals surface area contributed by atoms with Crippen molar-refractivity contribution in [3.05, 3.63) is 70.2 Å². The van der Waals surface area contributed by atoms with Crippen LogP contribution in [0.3, 0.4) is 0 Å². The molecule has 5 heterocycles. The molecule has 1 unspecified atom stereocenters. The number of halogens is 2. The van der Waals surface area contributed by atoms with E-state index in [9.17, 15) is 24.0 Å². The van der Waals surface area contributed by atoms with E-state index in [-0.39, 0.29) is 47.7 Å². The molecule has 15 nitrogen and oxygen atoms in total. The van der Waals surface area contributed by atoms with Gasteiger partial charge < -0.3 is 19.9 Å². The zero-order valence-electron chi connectivity index (χ0n) is 31.1. The van der Waals surface area contributed by atoms with Crippen molar-refractivity contribution in [2.45, 2.75) is 62.8 Å². The second kappa shape index (κ2) is 15.7. The lowest BCUT2D eigenvalue weighted by molar-refractivity contribution is -0.136. The standard InChI is InChI=1S/C40H41ClFN9O6/c41-31-20-27(3-1-25(31)22-43)57-28-9-12-40(42,21-28)39(56)44-33-6-7-34(47-46-33)50-13-10-24(11-14-50)23-48-15-17-49(18-16-48)26-2-4-29-30(19-26)38(55)51(37(29)54)32-5-8-35(52)45-36(32)53/h1-4,6-7,19-20,24,28,32H,5,8-18,21,23H2,(H,44,46,56)(H,45,52,53)/t28-,32?,40+/m1/s1. The van der Waals surface area contributed by atoms with Gasteiger partial charge in [0, 0.05) is 70.4 Å². The minimum Gasteiger partial charge on any atom is -0.490 e. The quantitative estimate of drug-likeness (QED) is 0.300. The van der Waals surface area contributed by atoms with E-state index in [1.54, 1.807) is 30.3 Å². The number of imide groups is 2. The zero-order valence-corrected chi connectivity index (χ0v) is 31.8. The molecule has 17 heteroatoms. The van der Waals surface area contributed by atoms with Crippen molar-refractivity contribution in [2.75, 3.05) is 60.9 Å². The summed E-state index contributed by atoms with van der Waals surface area (Å²) in [5.74, 6) is -1.04. The van der Waals surface area contributed by atoms with Gasteiger partial charge >= 0.3 is 0 Å². The first kappa shape index (κ1) is 38.2. The number of amides is 5. The summed E-state index contributed by atoms with van der Waals surface area (Å²) in [5.41, 5.74) is -0.395. The fourth-order valence-corrected chi connectivity index (χ4v) is 8.67. The number of alkyl halides is 1. The maximum absolute atomic E-state index is 15.7. The van der Waals surface area contributed by atoms with Crippen LogP contribution >= 0.6 is 11.6 Å². The molecule has 57 heavy (non-hydrogen) atoms. The molecule has 296 valence electrons. The van der Waals surface area contributed by atoms with E-state index in [2.05, 4.69) is 35.5 Å². The zero-order chi connectivity index (χ0) is 39.8. The minimum absolute atomic E-state index is 0.00172. The Morgan fingerprint density at radius 3 is 2.40 bits per heavy atom. The third-order valence-electron chi connectivity index (χ3n) is 11.7. The lowest BCUT2D eigenvalue weighted by Gasteiger charge is -2.39. The van der Waals surface area contributed by atoms with E-state index in [0.717, 1.165) is 69.2 Å².